The summed E-state index contributed by atoms with van der Waals surface area (Å²) in [6.07, 6.45) is 0. The van der Waals surface area contributed by atoms with Gasteiger partial charge in [-0.05, 0) is 31.4 Å². The second kappa shape index (κ2) is 4.95. The molecule has 2 rings (SSSR count). The number of aryl methyl sites for hydroxylation is 2. The predicted octanol–water partition coefficient (Wildman–Crippen LogP) is 2.93. The molecular weight excluding hydrogens is 306 g/mol. The van der Waals surface area contributed by atoms with Gasteiger partial charge in [0.25, 0.3) is 10.0 Å². The number of rotatable bonds is 4. The van der Waals surface area contributed by atoms with Crippen molar-refractivity contribution in [3.8, 4) is 0 Å². The van der Waals surface area contributed by atoms with Crippen molar-refractivity contribution in [2.75, 3.05) is 4.72 Å². The SMILES string of the molecule is Cc1cc(S(=O)(=O)Nc2ccsc2C(=O)O)c(C)s1. The largest absolute Gasteiger partial charge is 0.477 e. The second-order valence-electron chi connectivity index (χ2n) is 3.85. The third-order valence-corrected chi connectivity index (χ3v) is 5.88. The van der Waals surface area contributed by atoms with Gasteiger partial charge in [-0.25, -0.2) is 13.2 Å². The monoisotopic (exact) mass is 317 g/mol. The van der Waals surface area contributed by atoms with Gasteiger partial charge < -0.3 is 5.11 Å². The zero-order valence-electron chi connectivity index (χ0n) is 10.1. The Bertz CT molecular complexity index is 727. The fourth-order valence-corrected chi connectivity index (χ4v) is 5.01. The highest BCUT2D eigenvalue weighted by Crippen LogP contribution is 2.29. The van der Waals surface area contributed by atoms with Crippen molar-refractivity contribution in [2.24, 2.45) is 0 Å². The van der Waals surface area contributed by atoms with Gasteiger partial charge in [-0.2, -0.15) is 0 Å². The fourth-order valence-electron chi connectivity index (χ4n) is 1.63. The van der Waals surface area contributed by atoms with Crippen molar-refractivity contribution < 1.29 is 18.3 Å². The molecule has 0 aromatic carbocycles. The normalized spacial score (nSPS) is 11.5. The molecular formula is C11H11NO4S3. The Morgan fingerprint density at radius 3 is 2.58 bits per heavy atom. The number of carboxylic acids is 1. The molecule has 0 aliphatic carbocycles. The molecule has 0 fully saturated rings. The van der Waals surface area contributed by atoms with Crippen molar-refractivity contribution in [1.82, 2.24) is 0 Å². The van der Waals surface area contributed by atoms with E-state index in [2.05, 4.69) is 4.72 Å². The number of aromatic carboxylic acids is 1. The van der Waals surface area contributed by atoms with Gasteiger partial charge in [0, 0.05) is 9.75 Å². The Morgan fingerprint density at radius 1 is 1.37 bits per heavy atom. The Kier molecular flexibility index (Phi) is 3.66. The summed E-state index contributed by atoms with van der Waals surface area (Å²) in [6.45, 7) is 3.54. The van der Waals surface area contributed by atoms with Crippen molar-refractivity contribution in [3.05, 3.63) is 32.1 Å². The van der Waals surface area contributed by atoms with E-state index in [9.17, 15) is 13.2 Å². The molecule has 0 atom stereocenters. The molecule has 0 saturated carbocycles. The van der Waals surface area contributed by atoms with Gasteiger partial charge in [0.1, 0.15) is 9.77 Å². The molecule has 2 aromatic heterocycles. The van der Waals surface area contributed by atoms with E-state index in [1.807, 2.05) is 6.92 Å². The highest BCUT2D eigenvalue weighted by Gasteiger charge is 2.22. The van der Waals surface area contributed by atoms with Crippen LogP contribution >= 0.6 is 22.7 Å². The van der Waals surface area contributed by atoms with E-state index in [1.165, 1.54) is 22.8 Å². The molecule has 0 radical (unpaired) electrons. The second-order valence-corrected chi connectivity index (χ2v) is 7.88. The van der Waals surface area contributed by atoms with Crippen LogP contribution in [0.2, 0.25) is 0 Å². The van der Waals surface area contributed by atoms with Gasteiger partial charge in [0.2, 0.25) is 0 Å². The summed E-state index contributed by atoms with van der Waals surface area (Å²) in [5.41, 5.74) is 0.0979. The molecule has 2 aromatic rings. The number of sulfonamides is 1. The Balaban J connectivity index is 2.39. The molecule has 102 valence electrons. The molecule has 2 heterocycles. The smallest absolute Gasteiger partial charge is 0.348 e. The molecule has 0 bridgehead atoms. The molecule has 19 heavy (non-hydrogen) atoms. The highest BCUT2D eigenvalue weighted by molar-refractivity contribution is 7.93. The van der Waals surface area contributed by atoms with Crippen molar-refractivity contribution in [1.29, 1.82) is 0 Å². The molecule has 0 amide bonds. The number of hydrogen-bond acceptors (Lipinski definition) is 5. The number of thiophene rings is 2. The van der Waals surface area contributed by atoms with Crippen molar-refractivity contribution in [3.63, 3.8) is 0 Å². The van der Waals surface area contributed by atoms with E-state index in [-0.39, 0.29) is 15.5 Å². The average molecular weight is 317 g/mol. The lowest BCUT2D eigenvalue weighted by molar-refractivity contribution is 0.0703. The first-order chi connectivity index (χ1) is 8.81. The van der Waals surface area contributed by atoms with Crippen LogP contribution in [0.1, 0.15) is 19.4 Å². The van der Waals surface area contributed by atoms with Crippen LogP contribution in [0.3, 0.4) is 0 Å². The zero-order valence-corrected chi connectivity index (χ0v) is 12.6. The summed E-state index contributed by atoms with van der Waals surface area (Å²) >= 11 is 2.37. The zero-order chi connectivity index (χ0) is 14.2. The van der Waals surface area contributed by atoms with Gasteiger partial charge in [0.15, 0.2) is 0 Å². The summed E-state index contributed by atoms with van der Waals surface area (Å²) in [5.74, 6) is -1.15. The van der Waals surface area contributed by atoms with E-state index >= 15 is 0 Å². The summed E-state index contributed by atoms with van der Waals surface area (Å²) in [4.78, 5) is 12.7. The van der Waals surface area contributed by atoms with Gasteiger partial charge >= 0.3 is 5.97 Å². The maximum atomic E-state index is 12.2. The number of hydrogen-bond donors (Lipinski definition) is 2. The third kappa shape index (κ3) is 2.80. The van der Waals surface area contributed by atoms with E-state index < -0.39 is 16.0 Å². The third-order valence-electron chi connectivity index (χ3n) is 2.39. The van der Waals surface area contributed by atoms with E-state index in [0.717, 1.165) is 16.2 Å². The Morgan fingerprint density at radius 2 is 2.05 bits per heavy atom. The van der Waals surface area contributed by atoms with Crippen LogP contribution in [0, 0.1) is 13.8 Å². The molecule has 8 heteroatoms. The first-order valence-corrected chi connectivity index (χ1v) is 8.40. The van der Waals surface area contributed by atoms with E-state index in [4.69, 9.17) is 5.11 Å². The number of carboxylic acid groups (broad SMARTS) is 1. The highest BCUT2D eigenvalue weighted by atomic mass is 32.2. The topological polar surface area (TPSA) is 83.5 Å². The number of nitrogens with one attached hydrogen (secondary N) is 1. The molecule has 0 aliphatic rings. The molecule has 2 N–H and O–H groups in total. The summed E-state index contributed by atoms with van der Waals surface area (Å²) in [7, 11) is -3.75. The van der Waals surface area contributed by atoms with Crippen LogP contribution in [0.4, 0.5) is 5.69 Å². The maximum Gasteiger partial charge on any atom is 0.348 e. The standard InChI is InChI=1S/C11H11NO4S3/c1-6-5-9(7(2)18-6)19(15,16)12-8-3-4-17-10(8)11(13)14/h3-5,12H,1-2H3,(H,13,14). The molecule has 0 saturated heterocycles. The number of carbonyl (C=O) groups is 1. The average Bonchev–Trinajstić information content (AvgIpc) is 2.84. The summed E-state index contributed by atoms with van der Waals surface area (Å²) in [5, 5.41) is 10.5. The van der Waals surface area contributed by atoms with Gasteiger partial charge in [0.05, 0.1) is 5.69 Å². The lowest BCUT2D eigenvalue weighted by Crippen LogP contribution is -2.14. The van der Waals surface area contributed by atoms with Crippen LogP contribution in [0.15, 0.2) is 22.4 Å². The maximum absolute atomic E-state index is 12.2. The predicted molar refractivity (Wildman–Crippen MR) is 75.9 cm³/mol. The molecule has 0 unspecified atom stereocenters. The van der Waals surface area contributed by atoms with Crippen LogP contribution < -0.4 is 4.72 Å². The van der Waals surface area contributed by atoms with Crippen LogP contribution in [-0.2, 0) is 10.0 Å². The lowest BCUT2D eigenvalue weighted by Gasteiger charge is -2.06. The van der Waals surface area contributed by atoms with Gasteiger partial charge in [-0.15, -0.1) is 22.7 Å². The van der Waals surface area contributed by atoms with Crippen molar-refractivity contribution >= 4 is 44.4 Å². The number of anilines is 1. The van der Waals surface area contributed by atoms with Crippen molar-refractivity contribution in [2.45, 2.75) is 18.7 Å². The lowest BCUT2D eigenvalue weighted by atomic mass is 10.4. The minimum absolute atomic E-state index is 0.0202. The van der Waals surface area contributed by atoms with E-state index in [0.29, 0.717) is 4.88 Å². The first-order valence-electron chi connectivity index (χ1n) is 5.22. The quantitative estimate of drug-likeness (QED) is 0.908. The van der Waals surface area contributed by atoms with Gasteiger partial charge in [-0.1, -0.05) is 0 Å². The van der Waals surface area contributed by atoms with Gasteiger partial charge in [-0.3, -0.25) is 4.72 Å². The summed E-state index contributed by atoms with van der Waals surface area (Å²) < 4.78 is 26.8. The Labute approximate surface area is 118 Å². The van der Waals surface area contributed by atoms with Crippen LogP contribution in [-0.4, -0.2) is 19.5 Å². The summed E-state index contributed by atoms with van der Waals surface area (Å²) in [6, 6.07) is 3.02. The minimum Gasteiger partial charge on any atom is -0.477 e. The molecule has 0 aliphatic heterocycles. The molecule has 0 spiro atoms. The molecule has 5 nitrogen and oxygen atoms in total. The van der Waals surface area contributed by atoms with Crippen LogP contribution in [0.5, 0.6) is 0 Å². The van der Waals surface area contributed by atoms with E-state index in [1.54, 1.807) is 13.0 Å². The Hall–Kier alpha value is -1.38. The minimum atomic E-state index is -3.75. The first kappa shape index (κ1) is 14.0. The van der Waals surface area contributed by atoms with Crippen LogP contribution in [0.25, 0.3) is 0 Å². The fraction of sp³-hybridized carbons (Fsp3) is 0.182.